The number of hydrogen-bond acceptors (Lipinski definition) is 10. The van der Waals surface area contributed by atoms with E-state index in [-0.39, 0.29) is 11.3 Å². The Hall–Kier alpha value is -2.86. The number of fused-ring (bicyclic) bond motifs is 3. The topological polar surface area (TPSA) is 182 Å². The molecule has 1 aromatic rings. The summed E-state index contributed by atoms with van der Waals surface area (Å²) in [6.07, 6.45) is 0.212. The normalized spacial score (nSPS) is 31.4. The van der Waals surface area contributed by atoms with Crippen LogP contribution in [0.25, 0.3) is 5.76 Å². The lowest BCUT2D eigenvalue weighted by Gasteiger charge is -2.54. The molecule has 0 unspecified atom stereocenters. The number of carbonyl (C=O) groups excluding carboxylic acids is 3. The van der Waals surface area contributed by atoms with Crippen LogP contribution in [0.5, 0.6) is 5.75 Å². The van der Waals surface area contributed by atoms with Gasteiger partial charge in [-0.05, 0) is 43.3 Å². The van der Waals surface area contributed by atoms with E-state index in [9.17, 15) is 39.9 Å². The summed E-state index contributed by atoms with van der Waals surface area (Å²) in [6, 6.07) is 0.438. The molecule has 1 saturated carbocycles. The van der Waals surface area contributed by atoms with Crippen LogP contribution >= 0.6 is 11.8 Å². The molecule has 3 aliphatic rings. The molecule has 0 aromatic heterocycles. The summed E-state index contributed by atoms with van der Waals surface area (Å²) in [7, 11) is 2.95. The van der Waals surface area contributed by atoms with Crippen molar-refractivity contribution in [3.8, 4) is 5.75 Å². The lowest BCUT2D eigenvalue weighted by atomic mass is 9.54. The van der Waals surface area contributed by atoms with Gasteiger partial charge in [-0.15, -0.1) is 11.8 Å². The Morgan fingerprint density at radius 1 is 1.16 bits per heavy atom. The summed E-state index contributed by atoms with van der Waals surface area (Å²) < 4.78 is 0. The van der Waals surface area contributed by atoms with E-state index >= 15 is 0 Å². The summed E-state index contributed by atoms with van der Waals surface area (Å²) in [5.74, 6) is -8.89. The highest BCUT2D eigenvalue weighted by atomic mass is 32.2. The number of carbonyl (C=O) groups is 3. The number of nitrogens with two attached hydrogens (primary N) is 1. The number of aromatic hydroxyl groups is 1. The summed E-state index contributed by atoms with van der Waals surface area (Å²) in [5.41, 5.74) is 1.61. The molecule has 7 N–H and O–H groups in total. The molecule has 1 amide bonds. The van der Waals surface area contributed by atoms with E-state index in [1.165, 1.54) is 30.8 Å². The number of thioether (sulfide) groups is 1. The van der Waals surface area contributed by atoms with Crippen molar-refractivity contribution in [2.45, 2.75) is 61.7 Å². The third-order valence-electron chi connectivity index (χ3n) is 8.21. The van der Waals surface area contributed by atoms with E-state index in [1.807, 2.05) is 33.1 Å². The van der Waals surface area contributed by atoms with Crippen molar-refractivity contribution in [1.29, 1.82) is 0 Å². The van der Waals surface area contributed by atoms with Crippen LogP contribution < -0.4 is 5.73 Å². The van der Waals surface area contributed by atoms with E-state index in [2.05, 4.69) is 0 Å². The number of benzene rings is 1. The number of aliphatic hydroxyl groups is 4. The van der Waals surface area contributed by atoms with E-state index in [0.29, 0.717) is 11.1 Å². The van der Waals surface area contributed by atoms with E-state index < -0.39 is 81.1 Å². The highest BCUT2D eigenvalue weighted by Gasteiger charge is 2.68. The van der Waals surface area contributed by atoms with Gasteiger partial charge >= 0.3 is 0 Å². The van der Waals surface area contributed by atoms with Crippen molar-refractivity contribution in [3.05, 3.63) is 39.7 Å². The van der Waals surface area contributed by atoms with Crippen LogP contribution in [0.1, 0.15) is 50.3 Å². The molecule has 10 nitrogen and oxygen atoms in total. The number of likely N-dealkylation sites (N-methyl/N-ethyl adjacent to an activating group) is 1. The molecule has 38 heavy (non-hydrogen) atoms. The van der Waals surface area contributed by atoms with Gasteiger partial charge in [-0.2, -0.15) is 0 Å². The number of phenolic OH excluding ortho intramolecular Hbond substituents is 1. The Kier molecular flexibility index (Phi) is 6.55. The summed E-state index contributed by atoms with van der Waals surface area (Å²) in [4.78, 5) is 41.6. The second-order valence-electron chi connectivity index (χ2n) is 11.6. The molecule has 0 heterocycles. The highest BCUT2D eigenvalue weighted by molar-refractivity contribution is 7.98. The molecule has 1 aromatic carbocycles. The third-order valence-corrected chi connectivity index (χ3v) is 8.99. The van der Waals surface area contributed by atoms with Crippen LogP contribution in [0.15, 0.2) is 27.9 Å². The van der Waals surface area contributed by atoms with Crippen molar-refractivity contribution >= 4 is 35.0 Å². The monoisotopic (exact) mass is 546 g/mol. The number of Topliss-reactive ketones (excluding diaryl/α,β-unsaturated/α-hetero) is 2. The molecule has 4 rings (SSSR count). The van der Waals surface area contributed by atoms with Crippen LogP contribution in [0, 0.1) is 11.8 Å². The van der Waals surface area contributed by atoms with Crippen LogP contribution in [0.2, 0.25) is 0 Å². The Bertz CT molecular complexity index is 1340. The van der Waals surface area contributed by atoms with E-state index in [0.717, 1.165) is 4.90 Å². The highest BCUT2D eigenvalue weighted by Crippen LogP contribution is 2.58. The zero-order valence-electron chi connectivity index (χ0n) is 22.4. The third kappa shape index (κ3) is 3.48. The molecule has 6 atom stereocenters. The van der Waals surface area contributed by atoms with Crippen molar-refractivity contribution in [2.75, 3.05) is 20.4 Å². The molecule has 0 bridgehead atoms. The number of nitrogens with zero attached hydrogens (tertiary/aromatic N) is 1. The van der Waals surface area contributed by atoms with Crippen molar-refractivity contribution < 1.29 is 39.9 Å². The van der Waals surface area contributed by atoms with E-state index in [1.54, 1.807) is 6.92 Å². The van der Waals surface area contributed by atoms with Crippen LogP contribution in [-0.4, -0.2) is 86.0 Å². The maximum absolute atomic E-state index is 14.1. The molecule has 0 spiro atoms. The molecule has 0 radical (unpaired) electrons. The van der Waals surface area contributed by atoms with Gasteiger partial charge in [0.25, 0.3) is 5.91 Å². The Morgan fingerprint density at radius 3 is 2.21 bits per heavy atom. The van der Waals surface area contributed by atoms with E-state index in [4.69, 9.17) is 5.73 Å². The Labute approximate surface area is 224 Å². The molecule has 3 aliphatic carbocycles. The molecule has 206 valence electrons. The number of rotatable bonds is 3. The fraction of sp³-hybridized carbons (Fsp3) is 0.519. The first-order valence-electron chi connectivity index (χ1n) is 12.2. The fourth-order valence-electron chi connectivity index (χ4n) is 6.46. The number of ketones is 2. The van der Waals surface area contributed by atoms with Gasteiger partial charge in [0.1, 0.15) is 22.8 Å². The first-order chi connectivity index (χ1) is 17.4. The van der Waals surface area contributed by atoms with Crippen molar-refractivity contribution in [1.82, 2.24) is 4.90 Å². The van der Waals surface area contributed by atoms with Crippen LogP contribution in [0.4, 0.5) is 0 Å². The number of amides is 1. The fourth-order valence-corrected chi connectivity index (χ4v) is 7.21. The number of primary amides is 1. The molecular formula is C27H34N2O8S. The zero-order valence-corrected chi connectivity index (χ0v) is 23.2. The average molecular weight is 547 g/mol. The smallest absolute Gasteiger partial charge is 0.255 e. The van der Waals surface area contributed by atoms with Gasteiger partial charge in [-0.1, -0.05) is 27.7 Å². The Morgan fingerprint density at radius 2 is 1.74 bits per heavy atom. The Balaban J connectivity index is 2.11. The van der Waals surface area contributed by atoms with Crippen LogP contribution in [0.3, 0.4) is 0 Å². The number of phenols is 1. The summed E-state index contributed by atoms with van der Waals surface area (Å²) in [5, 5.41) is 57.4. The average Bonchev–Trinajstić information content (AvgIpc) is 2.80. The largest absolute Gasteiger partial charge is 0.508 e. The van der Waals surface area contributed by atoms with Crippen LogP contribution in [-0.2, 0) is 19.8 Å². The van der Waals surface area contributed by atoms with Gasteiger partial charge < -0.3 is 31.3 Å². The lowest BCUT2D eigenvalue weighted by Crippen LogP contribution is -2.70. The second-order valence-corrected chi connectivity index (χ2v) is 12.4. The minimum Gasteiger partial charge on any atom is -0.508 e. The predicted molar refractivity (Wildman–Crippen MR) is 141 cm³/mol. The molecule has 1 fully saturated rings. The predicted octanol–water partition coefficient (Wildman–Crippen LogP) is 1.52. The van der Waals surface area contributed by atoms with Crippen molar-refractivity contribution in [2.24, 2.45) is 17.6 Å². The molecule has 0 saturated heterocycles. The maximum atomic E-state index is 14.1. The standard InChI is InChI=1S/C27H34N2O8S/c1-9-12-11(38-7)8-10(26(2,3)4)19(30)14(12)20(31)15-13(9)21(32)17-18(29(5)6)22(33)16(25(28)36)24(35)27(17,37)23(15)34/h8-9,13,17-18,21,30-32,35,37H,1-7H3,(H2,28,36)/t9-,13+,17+,18-,21-,27-/m1/s1. The first kappa shape index (κ1) is 28.2. The molecular weight excluding hydrogens is 512 g/mol. The summed E-state index contributed by atoms with van der Waals surface area (Å²) in [6.45, 7) is 7.38. The van der Waals surface area contributed by atoms with Gasteiger partial charge in [-0.25, -0.2) is 0 Å². The lowest BCUT2D eigenvalue weighted by molar-refractivity contribution is -0.169. The van der Waals surface area contributed by atoms with Gasteiger partial charge in [0, 0.05) is 21.9 Å². The van der Waals surface area contributed by atoms with Gasteiger partial charge in [-0.3, -0.25) is 19.3 Å². The minimum atomic E-state index is -2.93. The number of hydrogen-bond donors (Lipinski definition) is 6. The first-order valence-corrected chi connectivity index (χ1v) is 13.4. The minimum absolute atomic E-state index is 0.0118. The molecule has 0 aliphatic heterocycles. The van der Waals surface area contributed by atoms with Gasteiger partial charge in [0.05, 0.1) is 23.6 Å². The SMILES string of the molecule is CSc1cc(C(C)(C)C)c(O)c2c1[C@@H](C)[C@H]1C(=C2O)C(=O)[C@@]2(O)C(O)=C(C(N)=O)C(=O)[C@H](N(C)C)[C@H]2[C@@H]1O. The molecule has 11 heteroatoms. The maximum Gasteiger partial charge on any atom is 0.255 e. The van der Waals surface area contributed by atoms with Gasteiger partial charge in [0.2, 0.25) is 5.78 Å². The second kappa shape index (κ2) is 8.84. The van der Waals surface area contributed by atoms with Crippen molar-refractivity contribution in [3.63, 3.8) is 0 Å². The number of aliphatic hydroxyl groups excluding tert-OH is 3. The quantitative estimate of drug-likeness (QED) is 0.240. The zero-order chi connectivity index (χ0) is 28.8. The van der Waals surface area contributed by atoms with Gasteiger partial charge in [0.15, 0.2) is 11.4 Å². The summed E-state index contributed by atoms with van der Waals surface area (Å²) >= 11 is 1.38.